The molecular weight excluding hydrogens is 298 g/mol. The lowest BCUT2D eigenvalue weighted by molar-refractivity contribution is 0.281. The summed E-state index contributed by atoms with van der Waals surface area (Å²) in [6.07, 6.45) is 2.71. The van der Waals surface area contributed by atoms with Gasteiger partial charge in [-0.15, -0.1) is 0 Å². The summed E-state index contributed by atoms with van der Waals surface area (Å²) in [6, 6.07) is 4.36. The van der Waals surface area contributed by atoms with Crippen molar-refractivity contribution in [2.75, 3.05) is 0 Å². The maximum Gasteiger partial charge on any atom is 0.240 e. The van der Waals surface area contributed by atoms with Crippen molar-refractivity contribution in [2.45, 2.75) is 50.7 Å². The highest BCUT2D eigenvalue weighted by Gasteiger charge is 2.33. The molecule has 1 aliphatic carbocycles. The Morgan fingerprint density at radius 1 is 1.45 bits per heavy atom. The molecule has 0 spiro atoms. The van der Waals surface area contributed by atoms with Gasteiger partial charge in [0.25, 0.3) is 0 Å². The van der Waals surface area contributed by atoms with E-state index in [2.05, 4.69) is 18.6 Å². The van der Waals surface area contributed by atoms with Gasteiger partial charge in [0.05, 0.1) is 11.5 Å². The Morgan fingerprint density at radius 2 is 2.15 bits per heavy atom. The van der Waals surface area contributed by atoms with E-state index in [0.717, 1.165) is 19.3 Å². The van der Waals surface area contributed by atoms with Gasteiger partial charge in [-0.2, -0.15) is 0 Å². The summed E-state index contributed by atoms with van der Waals surface area (Å²) in [6.45, 7) is 4.01. The fourth-order valence-electron chi connectivity index (χ4n) is 2.66. The normalized spacial score (nSPS) is 22.1. The predicted octanol–water partition coefficient (Wildman–Crippen LogP) is 2.69. The van der Waals surface area contributed by atoms with E-state index >= 15 is 0 Å². The van der Waals surface area contributed by atoms with Crippen LogP contribution in [0.3, 0.4) is 0 Å². The second-order valence-corrected chi connectivity index (χ2v) is 8.26. The lowest BCUT2D eigenvalue weighted by Crippen LogP contribution is -2.33. The van der Waals surface area contributed by atoms with Crippen LogP contribution in [0.4, 0.5) is 0 Å². The van der Waals surface area contributed by atoms with Crippen LogP contribution in [-0.4, -0.2) is 19.6 Å². The van der Waals surface area contributed by atoms with Crippen molar-refractivity contribution in [3.63, 3.8) is 0 Å². The molecule has 0 bridgehead atoms. The van der Waals surface area contributed by atoms with Crippen LogP contribution in [-0.2, 0) is 16.6 Å². The number of sulfonamides is 1. The number of hydrogen-bond acceptors (Lipinski definition) is 3. The fourth-order valence-corrected chi connectivity index (χ4v) is 4.16. The summed E-state index contributed by atoms with van der Waals surface area (Å²) in [5.41, 5.74) is 0.602. The third-order valence-electron chi connectivity index (χ3n) is 3.79. The van der Waals surface area contributed by atoms with Crippen molar-refractivity contribution in [1.29, 1.82) is 0 Å². The van der Waals surface area contributed by atoms with Gasteiger partial charge in [-0.05, 0) is 48.4 Å². The third-order valence-corrected chi connectivity index (χ3v) is 5.68. The van der Waals surface area contributed by atoms with Gasteiger partial charge < -0.3 is 5.11 Å². The van der Waals surface area contributed by atoms with E-state index in [1.807, 2.05) is 0 Å². The molecule has 20 heavy (non-hydrogen) atoms. The number of hydrogen-bond donors (Lipinski definition) is 2. The topological polar surface area (TPSA) is 66.4 Å². The van der Waals surface area contributed by atoms with Crippen LogP contribution in [0, 0.1) is 5.41 Å². The average molecular weight is 318 g/mol. The van der Waals surface area contributed by atoms with Crippen LogP contribution < -0.4 is 4.72 Å². The van der Waals surface area contributed by atoms with E-state index < -0.39 is 10.0 Å². The molecule has 0 amide bonds. The molecule has 4 nitrogen and oxygen atoms in total. The highest BCUT2D eigenvalue weighted by atomic mass is 35.5. The smallest absolute Gasteiger partial charge is 0.240 e. The van der Waals surface area contributed by atoms with Crippen molar-refractivity contribution < 1.29 is 13.5 Å². The first-order valence-corrected chi connectivity index (χ1v) is 8.51. The van der Waals surface area contributed by atoms with Crippen LogP contribution in [0.15, 0.2) is 23.1 Å². The van der Waals surface area contributed by atoms with Crippen LogP contribution in [0.2, 0.25) is 5.02 Å². The zero-order valence-electron chi connectivity index (χ0n) is 11.7. The molecule has 0 saturated heterocycles. The van der Waals surface area contributed by atoms with Crippen LogP contribution in [0.25, 0.3) is 0 Å². The number of benzene rings is 1. The van der Waals surface area contributed by atoms with E-state index in [4.69, 9.17) is 16.7 Å². The minimum Gasteiger partial charge on any atom is -0.392 e. The Bertz CT molecular complexity index is 598. The summed E-state index contributed by atoms with van der Waals surface area (Å²) in [5.74, 6) is 0. The second-order valence-electron chi connectivity index (χ2n) is 6.14. The minimum atomic E-state index is -3.56. The quantitative estimate of drug-likeness (QED) is 0.897. The second kappa shape index (κ2) is 5.64. The molecule has 6 heteroatoms. The maximum absolute atomic E-state index is 12.3. The average Bonchev–Trinajstić information content (AvgIpc) is 2.68. The third kappa shape index (κ3) is 3.52. The monoisotopic (exact) mass is 317 g/mol. The predicted molar refractivity (Wildman–Crippen MR) is 79.1 cm³/mol. The molecule has 1 saturated carbocycles. The maximum atomic E-state index is 12.3. The van der Waals surface area contributed by atoms with Gasteiger partial charge in [-0.1, -0.05) is 25.4 Å². The van der Waals surface area contributed by atoms with Crippen molar-refractivity contribution >= 4 is 21.6 Å². The Labute approximate surface area is 125 Å². The van der Waals surface area contributed by atoms with Gasteiger partial charge in [0.1, 0.15) is 0 Å². The van der Waals surface area contributed by atoms with Crippen molar-refractivity contribution in [3.8, 4) is 0 Å². The zero-order chi connectivity index (χ0) is 15.0. The van der Waals surface area contributed by atoms with Gasteiger partial charge in [-0.3, -0.25) is 0 Å². The number of aliphatic hydroxyl groups excluding tert-OH is 1. The van der Waals surface area contributed by atoms with E-state index in [1.54, 1.807) is 0 Å². The first kappa shape index (κ1) is 15.8. The number of nitrogens with one attached hydrogen (secondary N) is 1. The van der Waals surface area contributed by atoms with Crippen molar-refractivity contribution in [2.24, 2.45) is 5.41 Å². The molecule has 0 aliphatic heterocycles. The number of rotatable bonds is 4. The minimum absolute atomic E-state index is 0.0248. The highest BCUT2D eigenvalue weighted by molar-refractivity contribution is 7.89. The van der Waals surface area contributed by atoms with Crippen LogP contribution >= 0.6 is 11.6 Å². The summed E-state index contributed by atoms with van der Waals surface area (Å²) >= 11 is 5.88. The molecule has 2 rings (SSSR count). The van der Waals surface area contributed by atoms with Crippen LogP contribution in [0.1, 0.15) is 38.7 Å². The lowest BCUT2D eigenvalue weighted by atomic mass is 9.92. The SMILES string of the molecule is CC1(C)CCC(NS(=O)(=O)c2ccc(Cl)c(CO)c2)C1. The van der Waals surface area contributed by atoms with E-state index in [0.29, 0.717) is 10.6 Å². The summed E-state index contributed by atoms with van der Waals surface area (Å²) in [5, 5.41) is 9.53. The molecular formula is C14H20ClNO3S. The Kier molecular flexibility index (Phi) is 4.44. The molecule has 112 valence electrons. The van der Waals surface area contributed by atoms with E-state index in [1.165, 1.54) is 18.2 Å². The van der Waals surface area contributed by atoms with Gasteiger partial charge in [0, 0.05) is 11.1 Å². The first-order chi connectivity index (χ1) is 9.23. The van der Waals surface area contributed by atoms with Crippen molar-refractivity contribution in [3.05, 3.63) is 28.8 Å². The van der Waals surface area contributed by atoms with Crippen molar-refractivity contribution in [1.82, 2.24) is 4.72 Å². The summed E-state index contributed by atoms with van der Waals surface area (Å²) in [7, 11) is -3.56. The Morgan fingerprint density at radius 3 is 2.70 bits per heavy atom. The van der Waals surface area contributed by atoms with Gasteiger partial charge in [0.2, 0.25) is 10.0 Å². The fraction of sp³-hybridized carbons (Fsp3) is 0.571. The molecule has 1 aromatic carbocycles. The molecule has 1 atom stereocenters. The first-order valence-electron chi connectivity index (χ1n) is 6.65. The Hall–Kier alpha value is -0.620. The Balaban J connectivity index is 2.19. The highest BCUT2D eigenvalue weighted by Crippen LogP contribution is 2.37. The number of halogens is 1. The molecule has 0 radical (unpaired) electrons. The largest absolute Gasteiger partial charge is 0.392 e. The number of aliphatic hydroxyl groups is 1. The molecule has 1 aromatic rings. The molecule has 2 N–H and O–H groups in total. The molecule has 1 unspecified atom stereocenters. The lowest BCUT2D eigenvalue weighted by Gasteiger charge is -2.18. The molecule has 1 aliphatic rings. The standard InChI is InChI=1S/C14H20ClNO3S/c1-14(2)6-5-11(8-14)16-20(18,19)12-3-4-13(15)10(7-12)9-17/h3-4,7,11,16-17H,5-6,8-9H2,1-2H3. The van der Waals surface area contributed by atoms with E-state index in [9.17, 15) is 8.42 Å². The molecule has 0 aromatic heterocycles. The molecule has 1 fully saturated rings. The summed E-state index contributed by atoms with van der Waals surface area (Å²) < 4.78 is 27.4. The van der Waals surface area contributed by atoms with Gasteiger partial charge in [0.15, 0.2) is 0 Å². The zero-order valence-corrected chi connectivity index (χ0v) is 13.3. The van der Waals surface area contributed by atoms with E-state index in [-0.39, 0.29) is 23.0 Å². The molecule has 0 heterocycles. The van der Waals surface area contributed by atoms with Gasteiger partial charge in [-0.25, -0.2) is 13.1 Å². The van der Waals surface area contributed by atoms with Crippen LogP contribution in [0.5, 0.6) is 0 Å². The van der Waals surface area contributed by atoms with Gasteiger partial charge >= 0.3 is 0 Å². The summed E-state index contributed by atoms with van der Waals surface area (Å²) in [4.78, 5) is 0.149.